The SMILES string of the molecule is Cc1ccc(F)c(C(=O)N(CCC(=O)O)C2CC2)c1. The fourth-order valence-electron chi connectivity index (χ4n) is 2.01. The first kappa shape index (κ1) is 13.5. The molecule has 4 nitrogen and oxygen atoms in total. The van der Waals surface area contributed by atoms with Gasteiger partial charge in [-0.1, -0.05) is 11.6 Å². The van der Waals surface area contributed by atoms with Crippen molar-refractivity contribution in [1.82, 2.24) is 4.90 Å². The number of carbonyl (C=O) groups excluding carboxylic acids is 1. The third kappa shape index (κ3) is 3.30. The highest BCUT2D eigenvalue weighted by atomic mass is 19.1. The van der Waals surface area contributed by atoms with Crippen LogP contribution in [-0.4, -0.2) is 34.5 Å². The molecule has 1 N–H and O–H groups in total. The number of carbonyl (C=O) groups is 2. The quantitative estimate of drug-likeness (QED) is 0.888. The zero-order valence-electron chi connectivity index (χ0n) is 10.7. The lowest BCUT2D eigenvalue weighted by Gasteiger charge is -2.22. The fraction of sp³-hybridized carbons (Fsp3) is 0.429. The summed E-state index contributed by atoms with van der Waals surface area (Å²) in [5.74, 6) is -1.93. The van der Waals surface area contributed by atoms with Crippen molar-refractivity contribution in [2.24, 2.45) is 0 Å². The number of carboxylic acids is 1. The number of nitrogens with zero attached hydrogens (tertiary/aromatic N) is 1. The van der Waals surface area contributed by atoms with Crippen LogP contribution in [0.4, 0.5) is 4.39 Å². The first-order valence-corrected chi connectivity index (χ1v) is 6.28. The largest absolute Gasteiger partial charge is 0.481 e. The molecule has 1 aliphatic carbocycles. The van der Waals surface area contributed by atoms with E-state index in [9.17, 15) is 14.0 Å². The highest BCUT2D eigenvalue weighted by Crippen LogP contribution is 2.29. The molecular weight excluding hydrogens is 249 g/mol. The molecule has 0 unspecified atom stereocenters. The van der Waals surface area contributed by atoms with E-state index in [1.54, 1.807) is 13.0 Å². The predicted molar refractivity (Wildman–Crippen MR) is 67.4 cm³/mol. The number of hydrogen-bond donors (Lipinski definition) is 1. The average molecular weight is 265 g/mol. The first-order valence-electron chi connectivity index (χ1n) is 6.28. The van der Waals surface area contributed by atoms with E-state index in [0.29, 0.717) is 0 Å². The molecule has 2 rings (SSSR count). The molecule has 0 aromatic heterocycles. The zero-order chi connectivity index (χ0) is 14.0. The third-order valence-corrected chi connectivity index (χ3v) is 3.17. The van der Waals surface area contributed by atoms with Gasteiger partial charge in [0.15, 0.2) is 0 Å². The average Bonchev–Trinajstić information content (AvgIpc) is 3.16. The lowest BCUT2D eigenvalue weighted by molar-refractivity contribution is -0.137. The Balaban J connectivity index is 2.18. The maximum atomic E-state index is 13.7. The standard InChI is InChI=1S/C14H16FNO3/c1-9-2-5-12(15)11(8-9)14(19)16(10-3-4-10)7-6-13(17)18/h2,5,8,10H,3-4,6-7H2,1H3,(H,17,18). The predicted octanol–water partition coefficient (Wildman–Crippen LogP) is 2.21. The van der Waals surface area contributed by atoms with E-state index < -0.39 is 17.7 Å². The second-order valence-corrected chi connectivity index (χ2v) is 4.86. The molecular formula is C14H16FNO3. The maximum absolute atomic E-state index is 13.7. The molecule has 1 saturated carbocycles. The van der Waals surface area contributed by atoms with E-state index in [0.717, 1.165) is 18.4 Å². The van der Waals surface area contributed by atoms with Gasteiger partial charge in [-0.25, -0.2) is 4.39 Å². The Labute approximate surface area is 110 Å². The summed E-state index contributed by atoms with van der Waals surface area (Å²) in [5.41, 5.74) is 0.830. The van der Waals surface area contributed by atoms with Crippen molar-refractivity contribution in [2.45, 2.75) is 32.2 Å². The van der Waals surface area contributed by atoms with Crippen LogP contribution in [0.25, 0.3) is 0 Å². The number of hydrogen-bond acceptors (Lipinski definition) is 2. The van der Waals surface area contributed by atoms with Crippen LogP contribution >= 0.6 is 0 Å². The van der Waals surface area contributed by atoms with E-state index in [1.165, 1.54) is 17.0 Å². The number of aliphatic carboxylic acids is 1. The molecule has 0 spiro atoms. The van der Waals surface area contributed by atoms with Crippen LogP contribution in [0.2, 0.25) is 0 Å². The van der Waals surface area contributed by atoms with Crippen LogP contribution in [0, 0.1) is 12.7 Å². The molecule has 1 aromatic rings. The van der Waals surface area contributed by atoms with E-state index in [2.05, 4.69) is 0 Å². The molecule has 0 aliphatic heterocycles. The van der Waals surface area contributed by atoms with Gasteiger partial charge in [0.1, 0.15) is 5.82 Å². The number of carboxylic acid groups (broad SMARTS) is 1. The molecule has 0 radical (unpaired) electrons. The molecule has 0 heterocycles. The van der Waals surface area contributed by atoms with Crippen LogP contribution in [0.1, 0.15) is 35.2 Å². The smallest absolute Gasteiger partial charge is 0.305 e. The van der Waals surface area contributed by atoms with Gasteiger partial charge in [0.05, 0.1) is 12.0 Å². The van der Waals surface area contributed by atoms with Crippen LogP contribution in [0.3, 0.4) is 0 Å². The minimum atomic E-state index is -0.955. The molecule has 0 bridgehead atoms. The zero-order valence-corrected chi connectivity index (χ0v) is 10.7. The summed E-state index contributed by atoms with van der Waals surface area (Å²) in [5, 5.41) is 8.70. The molecule has 19 heavy (non-hydrogen) atoms. The van der Waals surface area contributed by atoms with Crippen molar-refractivity contribution in [1.29, 1.82) is 0 Å². The van der Waals surface area contributed by atoms with Gasteiger partial charge in [0.25, 0.3) is 5.91 Å². The number of amides is 1. The Morgan fingerprint density at radius 2 is 2.11 bits per heavy atom. The van der Waals surface area contributed by atoms with E-state index in [1.807, 2.05) is 0 Å². The fourth-order valence-corrected chi connectivity index (χ4v) is 2.01. The second-order valence-electron chi connectivity index (χ2n) is 4.86. The molecule has 1 amide bonds. The first-order chi connectivity index (χ1) is 8.99. The summed E-state index contributed by atoms with van der Waals surface area (Å²) in [6, 6.07) is 4.44. The van der Waals surface area contributed by atoms with Gasteiger partial charge in [0.2, 0.25) is 0 Å². The Morgan fingerprint density at radius 1 is 1.42 bits per heavy atom. The van der Waals surface area contributed by atoms with Crippen molar-refractivity contribution in [2.75, 3.05) is 6.54 Å². The van der Waals surface area contributed by atoms with E-state index in [-0.39, 0.29) is 24.6 Å². The minimum Gasteiger partial charge on any atom is -0.481 e. The summed E-state index contributed by atoms with van der Waals surface area (Å²) in [6.45, 7) is 1.92. The third-order valence-electron chi connectivity index (χ3n) is 3.17. The van der Waals surface area contributed by atoms with Gasteiger partial charge < -0.3 is 10.0 Å². The van der Waals surface area contributed by atoms with Crippen molar-refractivity contribution in [3.63, 3.8) is 0 Å². The van der Waals surface area contributed by atoms with Crippen LogP contribution in [0.5, 0.6) is 0 Å². The topological polar surface area (TPSA) is 57.6 Å². The summed E-state index contributed by atoms with van der Waals surface area (Å²) >= 11 is 0. The molecule has 1 aliphatic rings. The molecule has 1 fully saturated rings. The lowest BCUT2D eigenvalue weighted by atomic mass is 10.1. The number of benzene rings is 1. The highest BCUT2D eigenvalue weighted by molar-refractivity contribution is 5.95. The second kappa shape index (κ2) is 5.38. The van der Waals surface area contributed by atoms with Crippen molar-refractivity contribution in [3.05, 3.63) is 35.1 Å². The van der Waals surface area contributed by atoms with Crippen LogP contribution in [-0.2, 0) is 4.79 Å². The van der Waals surface area contributed by atoms with Gasteiger partial charge in [0, 0.05) is 12.6 Å². The van der Waals surface area contributed by atoms with Crippen LogP contribution < -0.4 is 0 Å². The molecule has 0 saturated heterocycles. The normalized spacial score (nSPS) is 14.2. The van der Waals surface area contributed by atoms with Gasteiger partial charge in [-0.05, 0) is 31.9 Å². The summed E-state index contributed by atoms with van der Waals surface area (Å²) in [7, 11) is 0. The Hall–Kier alpha value is -1.91. The Morgan fingerprint density at radius 3 is 2.68 bits per heavy atom. The minimum absolute atomic E-state index is 0.0253. The summed E-state index contributed by atoms with van der Waals surface area (Å²) < 4.78 is 13.7. The van der Waals surface area contributed by atoms with Gasteiger partial charge in [-0.15, -0.1) is 0 Å². The Bertz CT molecular complexity index is 511. The highest BCUT2D eigenvalue weighted by Gasteiger charge is 2.34. The number of rotatable bonds is 5. The van der Waals surface area contributed by atoms with Crippen molar-refractivity contribution < 1.29 is 19.1 Å². The molecule has 5 heteroatoms. The van der Waals surface area contributed by atoms with Crippen molar-refractivity contribution in [3.8, 4) is 0 Å². The maximum Gasteiger partial charge on any atom is 0.305 e. The number of halogens is 1. The summed E-state index contributed by atoms with van der Waals surface area (Å²) in [4.78, 5) is 24.4. The molecule has 1 aromatic carbocycles. The van der Waals surface area contributed by atoms with Gasteiger partial charge in [-0.3, -0.25) is 9.59 Å². The number of aryl methyl sites for hydroxylation is 1. The van der Waals surface area contributed by atoms with Gasteiger partial charge >= 0.3 is 5.97 Å². The van der Waals surface area contributed by atoms with E-state index in [4.69, 9.17) is 5.11 Å². The van der Waals surface area contributed by atoms with Crippen LogP contribution in [0.15, 0.2) is 18.2 Å². The Kier molecular flexibility index (Phi) is 3.83. The molecule has 102 valence electrons. The summed E-state index contributed by atoms with van der Waals surface area (Å²) in [6.07, 6.45) is 1.60. The van der Waals surface area contributed by atoms with Gasteiger partial charge in [-0.2, -0.15) is 0 Å². The van der Waals surface area contributed by atoms with Crippen molar-refractivity contribution >= 4 is 11.9 Å². The lowest BCUT2D eigenvalue weighted by Crippen LogP contribution is -2.35. The monoisotopic (exact) mass is 265 g/mol. The molecule has 0 atom stereocenters. The van der Waals surface area contributed by atoms with E-state index >= 15 is 0 Å².